The van der Waals surface area contributed by atoms with Crippen molar-refractivity contribution in [1.29, 1.82) is 0 Å². The van der Waals surface area contributed by atoms with Gasteiger partial charge < -0.3 is 19.5 Å². The molecule has 0 aromatic heterocycles. The smallest absolute Gasteiger partial charge is 0.250 e. The molecule has 0 spiro atoms. The van der Waals surface area contributed by atoms with Crippen molar-refractivity contribution in [3.05, 3.63) is 77.6 Å². The van der Waals surface area contributed by atoms with Crippen LogP contribution in [0.5, 0.6) is 11.5 Å². The average Bonchev–Trinajstić information content (AvgIpc) is 2.79. The van der Waals surface area contributed by atoms with Gasteiger partial charge in [-0.1, -0.05) is 72.4 Å². The van der Waals surface area contributed by atoms with Crippen molar-refractivity contribution >= 4 is 35.0 Å². The van der Waals surface area contributed by atoms with Gasteiger partial charge in [-0.25, -0.2) is 0 Å². The van der Waals surface area contributed by atoms with Crippen LogP contribution in [-0.2, 0) is 9.59 Å². The Hall–Kier alpha value is -3.11. The first kappa shape index (κ1) is 31.1. The van der Waals surface area contributed by atoms with Gasteiger partial charge in [0.15, 0.2) is 0 Å². The fraction of sp³-hybridized carbons (Fsp3) is 0.400. The number of carbonyl (C=O) groups excluding carboxylic acids is 2. The molecule has 0 saturated heterocycles. The SMILES string of the molecule is C=C(NC=O)C(NC=O)=C(c1ccc(O[Si](C)(C)C(C)(C)C)cc1)c1ccc(O[Si](C)(C)C(C)(C)C)cc1. The Labute approximate surface area is 230 Å². The minimum atomic E-state index is -2.00. The van der Waals surface area contributed by atoms with Crippen LogP contribution < -0.4 is 19.5 Å². The van der Waals surface area contributed by atoms with E-state index in [9.17, 15) is 9.59 Å². The normalized spacial score (nSPS) is 12.3. The van der Waals surface area contributed by atoms with Gasteiger partial charge in [-0.2, -0.15) is 0 Å². The highest BCUT2D eigenvalue weighted by atomic mass is 28.4. The predicted octanol–water partition coefficient (Wildman–Crippen LogP) is 7.22. The molecule has 0 heterocycles. The zero-order valence-corrected chi connectivity index (χ0v) is 26.6. The summed E-state index contributed by atoms with van der Waals surface area (Å²) < 4.78 is 12.9. The van der Waals surface area contributed by atoms with E-state index in [4.69, 9.17) is 8.85 Å². The molecule has 0 aliphatic heterocycles. The van der Waals surface area contributed by atoms with Gasteiger partial charge >= 0.3 is 0 Å². The number of benzene rings is 2. The molecule has 0 fully saturated rings. The molecule has 0 saturated carbocycles. The highest BCUT2D eigenvalue weighted by Gasteiger charge is 2.39. The Bertz CT molecular complexity index is 1100. The lowest BCUT2D eigenvalue weighted by Gasteiger charge is -2.36. The minimum Gasteiger partial charge on any atom is -0.544 e. The van der Waals surface area contributed by atoms with Crippen molar-refractivity contribution in [3.63, 3.8) is 0 Å². The van der Waals surface area contributed by atoms with E-state index in [0.717, 1.165) is 22.6 Å². The fourth-order valence-electron chi connectivity index (χ4n) is 3.24. The summed E-state index contributed by atoms with van der Waals surface area (Å²) in [5, 5.41) is 5.46. The molecule has 2 amide bonds. The topological polar surface area (TPSA) is 76.7 Å². The fourth-order valence-corrected chi connectivity index (χ4v) is 5.31. The third-order valence-electron chi connectivity index (χ3n) is 7.63. The number of rotatable bonds is 11. The lowest BCUT2D eigenvalue weighted by Crippen LogP contribution is -2.43. The maximum atomic E-state index is 11.6. The van der Waals surface area contributed by atoms with Crippen molar-refractivity contribution in [1.82, 2.24) is 10.6 Å². The van der Waals surface area contributed by atoms with Gasteiger partial charge in [0.25, 0.3) is 0 Å². The van der Waals surface area contributed by atoms with Crippen molar-refractivity contribution in [2.75, 3.05) is 0 Å². The van der Waals surface area contributed by atoms with Crippen LogP contribution in [-0.4, -0.2) is 29.5 Å². The molecule has 2 aromatic rings. The maximum absolute atomic E-state index is 11.6. The van der Waals surface area contributed by atoms with Gasteiger partial charge in [0.2, 0.25) is 29.5 Å². The van der Waals surface area contributed by atoms with Gasteiger partial charge in [-0.3, -0.25) is 9.59 Å². The number of carbonyl (C=O) groups is 2. The van der Waals surface area contributed by atoms with E-state index in [-0.39, 0.29) is 15.8 Å². The highest BCUT2D eigenvalue weighted by molar-refractivity contribution is 6.75. The third-order valence-corrected chi connectivity index (χ3v) is 16.3. The molecular weight excluding hydrogens is 509 g/mol. The van der Waals surface area contributed by atoms with Crippen molar-refractivity contribution < 1.29 is 18.4 Å². The van der Waals surface area contributed by atoms with Crippen molar-refractivity contribution in [2.45, 2.75) is 77.8 Å². The Morgan fingerprint density at radius 2 is 1.03 bits per heavy atom. The molecule has 0 aliphatic rings. The molecule has 2 N–H and O–H groups in total. The van der Waals surface area contributed by atoms with Gasteiger partial charge in [0, 0.05) is 5.57 Å². The molecular formula is C30H44N2O4Si2. The van der Waals surface area contributed by atoms with E-state index in [1.807, 2.05) is 48.5 Å². The van der Waals surface area contributed by atoms with Crippen LogP contribution in [0.3, 0.4) is 0 Å². The molecule has 0 atom stereocenters. The van der Waals surface area contributed by atoms with Crippen LogP contribution in [0.2, 0.25) is 36.3 Å². The molecule has 2 rings (SSSR count). The summed E-state index contributed by atoms with van der Waals surface area (Å²) in [5.41, 5.74) is 3.08. The summed E-state index contributed by atoms with van der Waals surface area (Å²) >= 11 is 0. The second-order valence-corrected chi connectivity index (χ2v) is 22.0. The van der Waals surface area contributed by atoms with Crippen LogP contribution in [0.4, 0.5) is 0 Å². The third kappa shape index (κ3) is 7.48. The molecule has 0 aliphatic carbocycles. The second kappa shape index (κ2) is 11.7. The van der Waals surface area contributed by atoms with Gasteiger partial charge in [-0.05, 0) is 71.7 Å². The quantitative estimate of drug-likeness (QED) is 0.175. The molecule has 0 radical (unpaired) electrons. The monoisotopic (exact) mass is 552 g/mol. The first-order valence-corrected chi connectivity index (χ1v) is 18.7. The lowest BCUT2D eigenvalue weighted by atomic mass is 9.94. The van der Waals surface area contributed by atoms with Gasteiger partial charge in [0.1, 0.15) is 11.5 Å². The zero-order valence-electron chi connectivity index (χ0n) is 24.6. The van der Waals surface area contributed by atoms with E-state index in [1.54, 1.807) is 0 Å². The molecule has 8 heteroatoms. The Morgan fingerprint density at radius 1 is 0.684 bits per heavy atom. The summed E-state index contributed by atoms with van der Waals surface area (Å²) in [4.78, 5) is 22.8. The number of amides is 2. The van der Waals surface area contributed by atoms with E-state index >= 15 is 0 Å². The summed E-state index contributed by atoms with van der Waals surface area (Å²) in [6.45, 7) is 26.0. The predicted molar refractivity (Wildman–Crippen MR) is 162 cm³/mol. The maximum Gasteiger partial charge on any atom is 0.250 e. The van der Waals surface area contributed by atoms with E-state index in [2.05, 4.69) is 84.9 Å². The number of hydrogen-bond donors (Lipinski definition) is 2. The summed E-state index contributed by atoms with van der Waals surface area (Å²) in [7, 11) is -4.00. The molecule has 2 aromatic carbocycles. The second-order valence-electron chi connectivity index (χ2n) is 12.5. The molecule has 206 valence electrons. The Morgan fingerprint density at radius 3 is 1.32 bits per heavy atom. The molecule has 38 heavy (non-hydrogen) atoms. The first-order chi connectivity index (χ1) is 17.4. The van der Waals surface area contributed by atoms with Crippen molar-refractivity contribution in [3.8, 4) is 11.5 Å². The summed E-state index contributed by atoms with van der Waals surface area (Å²) in [6, 6.07) is 15.6. The Balaban J connectivity index is 2.58. The van der Waals surface area contributed by atoms with Crippen LogP contribution in [0, 0.1) is 0 Å². The average molecular weight is 553 g/mol. The summed E-state index contributed by atoms with van der Waals surface area (Å²) in [5.74, 6) is 1.60. The van der Waals surface area contributed by atoms with Crippen molar-refractivity contribution in [2.24, 2.45) is 0 Å². The van der Waals surface area contributed by atoms with Crippen LogP contribution in [0.25, 0.3) is 5.57 Å². The number of nitrogens with one attached hydrogen (secondary N) is 2. The highest BCUT2D eigenvalue weighted by Crippen LogP contribution is 2.39. The Kier molecular flexibility index (Phi) is 9.61. The van der Waals surface area contributed by atoms with E-state index < -0.39 is 16.6 Å². The van der Waals surface area contributed by atoms with Crippen LogP contribution >= 0.6 is 0 Å². The largest absolute Gasteiger partial charge is 0.544 e. The van der Waals surface area contributed by atoms with E-state index in [0.29, 0.717) is 24.1 Å². The van der Waals surface area contributed by atoms with Gasteiger partial charge in [0.05, 0.1) is 11.4 Å². The zero-order chi connectivity index (χ0) is 28.9. The standard InChI is InChI=1S/C30H44N2O4Si2/c1-22(31-20-33)28(32-21-34)27(23-12-16-25(17-13-23)35-37(8,9)29(2,3)4)24-14-18-26(19-15-24)36-38(10,11)30(5,6)7/h12-21H,1H2,2-11H3,(H,31,33)(H,32,34). The van der Waals surface area contributed by atoms with E-state index in [1.165, 1.54) is 0 Å². The molecule has 0 bridgehead atoms. The lowest BCUT2D eigenvalue weighted by molar-refractivity contribution is -0.110. The van der Waals surface area contributed by atoms with Crippen LogP contribution in [0.15, 0.2) is 66.5 Å². The van der Waals surface area contributed by atoms with Gasteiger partial charge in [-0.15, -0.1) is 0 Å². The minimum absolute atomic E-state index is 0.0737. The number of hydrogen-bond acceptors (Lipinski definition) is 4. The molecule has 6 nitrogen and oxygen atoms in total. The molecule has 0 unspecified atom stereocenters. The first-order valence-electron chi connectivity index (χ1n) is 12.9. The summed E-state index contributed by atoms with van der Waals surface area (Å²) in [6.07, 6.45) is 1.12. The van der Waals surface area contributed by atoms with Crippen LogP contribution in [0.1, 0.15) is 52.7 Å².